The van der Waals surface area contributed by atoms with Crippen molar-refractivity contribution >= 4 is 5.91 Å². The molecule has 1 aromatic heterocycles. The van der Waals surface area contributed by atoms with Crippen molar-refractivity contribution in [3.05, 3.63) is 23.7 Å². The molecule has 1 rings (SSSR count). The average molecular weight is 224 g/mol. The summed E-state index contributed by atoms with van der Waals surface area (Å²) in [4.78, 5) is 11.7. The number of nitrogens with one attached hydrogen (secondary N) is 1. The maximum atomic E-state index is 11.7. The lowest BCUT2D eigenvalue weighted by Crippen LogP contribution is -2.32. The number of hydrogen-bond donors (Lipinski definition) is 2. The lowest BCUT2D eigenvalue weighted by molar-refractivity contribution is -0.125. The summed E-state index contributed by atoms with van der Waals surface area (Å²) in [6.45, 7) is 6.20. The van der Waals surface area contributed by atoms with Crippen LogP contribution in [0.3, 0.4) is 0 Å². The van der Waals surface area contributed by atoms with Gasteiger partial charge < -0.3 is 15.5 Å². The third-order valence-electron chi connectivity index (χ3n) is 2.59. The van der Waals surface area contributed by atoms with Gasteiger partial charge in [-0.15, -0.1) is 0 Å². The summed E-state index contributed by atoms with van der Waals surface area (Å²) in [6, 6.07) is 3.68. The monoisotopic (exact) mass is 224 g/mol. The molecule has 4 nitrogen and oxygen atoms in total. The smallest absolute Gasteiger partial charge is 0.223 e. The van der Waals surface area contributed by atoms with Gasteiger partial charge in [-0.2, -0.15) is 0 Å². The number of rotatable bonds is 5. The predicted octanol–water partition coefficient (Wildman–Crippen LogP) is 1.75. The highest BCUT2D eigenvalue weighted by atomic mass is 16.3. The number of amides is 1. The Labute approximate surface area is 96.2 Å². The number of carbonyl (C=O) groups excluding carboxylic acids is 1. The van der Waals surface area contributed by atoms with Crippen LogP contribution in [0, 0.1) is 12.8 Å². The third-order valence-corrected chi connectivity index (χ3v) is 2.59. The lowest BCUT2D eigenvalue weighted by Gasteiger charge is -2.15. The fraction of sp³-hybridized carbons (Fsp3) is 0.583. The molecule has 0 spiro atoms. The van der Waals surface area contributed by atoms with Gasteiger partial charge in [-0.05, 0) is 38.9 Å². The molecule has 4 heteroatoms. The molecule has 0 aliphatic carbocycles. The zero-order valence-corrected chi connectivity index (χ0v) is 10.1. The standard InChI is InChI=1S/C12H20N2O2/c1-8(6-7-13)12(15)14-10(3)11-5-4-9(2)16-11/h4-5,8,10H,6-7,13H2,1-3H3,(H,14,15). The van der Waals surface area contributed by atoms with Crippen LogP contribution in [-0.2, 0) is 4.79 Å². The van der Waals surface area contributed by atoms with Crippen LogP contribution in [0.15, 0.2) is 16.5 Å². The number of furan rings is 1. The Morgan fingerprint density at radius 3 is 2.69 bits per heavy atom. The second-order valence-electron chi connectivity index (χ2n) is 4.16. The topological polar surface area (TPSA) is 68.3 Å². The number of nitrogens with two attached hydrogens (primary N) is 1. The van der Waals surface area contributed by atoms with E-state index in [1.807, 2.05) is 32.9 Å². The van der Waals surface area contributed by atoms with Crippen LogP contribution in [0.1, 0.15) is 37.8 Å². The molecule has 0 saturated heterocycles. The number of carbonyl (C=O) groups is 1. The van der Waals surface area contributed by atoms with E-state index in [0.717, 1.165) is 11.5 Å². The molecule has 1 aromatic rings. The third kappa shape index (κ3) is 3.38. The quantitative estimate of drug-likeness (QED) is 0.800. The first kappa shape index (κ1) is 12.8. The van der Waals surface area contributed by atoms with E-state index in [4.69, 9.17) is 10.2 Å². The van der Waals surface area contributed by atoms with E-state index in [-0.39, 0.29) is 17.9 Å². The van der Waals surface area contributed by atoms with Gasteiger partial charge in [-0.25, -0.2) is 0 Å². The molecular formula is C12H20N2O2. The number of hydrogen-bond acceptors (Lipinski definition) is 3. The van der Waals surface area contributed by atoms with Crippen molar-refractivity contribution in [3.8, 4) is 0 Å². The zero-order valence-electron chi connectivity index (χ0n) is 10.1. The van der Waals surface area contributed by atoms with Gasteiger partial charge in [0.2, 0.25) is 5.91 Å². The summed E-state index contributed by atoms with van der Waals surface area (Å²) in [6.07, 6.45) is 0.704. The van der Waals surface area contributed by atoms with E-state index < -0.39 is 0 Å². The van der Waals surface area contributed by atoms with Gasteiger partial charge in [0.1, 0.15) is 11.5 Å². The van der Waals surface area contributed by atoms with Crippen LogP contribution in [0.2, 0.25) is 0 Å². The van der Waals surface area contributed by atoms with Crippen molar-refractivity contribution in [3.63, 3.8) is 0 Å². The Morgan fingerprint density at radius 1 is 1.50 bits per heavy atom. The van der Waals surface area contributed by atoms with Gasteiger partial charge in [0.25, 0.3) is 0 Å². The largest absolute Gasteiger partial charge is 0.464 e. The van der Waals surface area contributed by atoms with Gasteiger partial charge in [0, 0.05) is 5.92 Å². The second-order valence-corrected chi connectivity index (χ2v) is 4.16. The molecule has 0 radical (unpaired) electrons. The predicted molar refractivity (Wildman–Crippen MR) is 62.8 cm³/mol. The van der Waals surface area contributed by atoms with Crippen molar-refractivity contribution in [1.29, 1.82) is 0 Å². The molecule has 1 amide bonds. The average Bonchev–Trinajstić information content (AvgIpc) is 2.65. The SMILES string of the molecule is Cc1ccc(C(C)NC(=O)C(C)CCN)o1. The molecule has 16 heavy (non-hydrogen) atoms. The van der Waals surface area contributed by atoms with Crippen LogP contribution >= 0.6 is 0 Å². The van der Waals surface area contributed by atoms with Crippen molar-refractivity contribution in [2.24, 2.45) is 11.7 Å². The molecule has 3 N–H and O–H groups in total. The van der Waals surface area contributed by atoms with Crippen molar-refractivity contribution in [2.45, 2.75) is 33.2 Å². The van der Waals surface area contributed by atoms with Crippen LogP contribution in [0.25, 0.3) is 0 Å². The minimum atomic E-state index is -0.0959. The van der Waals surface area contributed by atoms with Crippen LogP contribution in [0.5, 0.6) is 0 Å². The molecule has 0 saturated carbocycles. The summed E-state index contributed by atoms with van der Waals surface area (Å²) in [5.41, 5.74) is 5.41. The fourth-order valence-electron chi connectivity index (χ4n) is 1.49. The van der Waals surface area contributed by atoms with E-state index in [2.05, 4.69) is 5.32 Å². The highest BCUT2D eigenvalue weighted by molar-refractivity contribution is 5.78. The first-order chi connectivity index (χ1) is 7.54. The van der Waals surface area contributed by atoms with Crippen molar-refractivity contribution in [2.75, 3.05) is 6.54 Å². The van der Waals surface area contributed by atoms with Gasteiger partial charge in [-0.1, -0.05) is 6.92 Å². The van der Waals surface area contributed by atoms with E-state index in [1.54, 1.807) is 0 Å². The molecule has 0 fully saturated rings. The van der Waals surface area contributed by atoms with E-state index in [9.17, 15) is 4.79 Å². The van der Waals surface area contributed by atoms with E-state index >= 15 is 0 Å². The van der Waals surface area contributed by atoms with Gasteiger partial charge >= 0.3 is 0 Å². The second kappa shape index (κ2) is 5.70. The van der Waals surface area contributed by atoms with Gasteiger partial charge in [0.05, 0.1) is 6.04 Å². The first-order valence-corrected chi connectivity index (χ1v) is 5.61. The van der Waals surface area contributed by atoms with E-state index in [0.29, 0.717) is 13.0 Å². The molecule has 0 aliphatic heterocycles. The Morgan fingerprint density at radius 2 is 2.19 bits per heavy atom. The molecule has 90 valence electrons. The summed E-state index contributed by atoms with van der Waals surface area (Å²) in [5.74, 6) is 1.60. The van der Waals surface area contributed by atoms with Crippen molar-refractivity contribution in [1.82, 2.24) is 5.32 Å². The summed E-state index contributed by atoms with van der Waals surface area (Å²) in [5, 5.41) is 2.91. The van der Waals surface area contributed by atoms with Gasteiger partial charge in [-0.3, -0.25) is 4.79 Å². The molecule has 2 unspecified atom stereocenters. The molecule has 1 heterocycles. The Balaban J connectivity index is 2.51. The lowest BCUT2D eigenvalue weighted by atomic mass is 10.1. The molecular weight excluding hydrogens is 204 g/mol. The van der Waals surface area contributed by atoms with E-state index in [1.165, 1.54) is 0 Å². The van der Waals surface area contributed by atoms with Crippen LogP contribution in [0.4, 0.5) is 0 Å². The molecule has 2 atom stereocenters. The molecule has 0 aliphatic rings. The minimum Gasteiger partial charge on any atom is -0.464 e. The zero-order chi connectivity index (χ0) is 12.1. The summed E-state index contributed by atoms with van der Waals surface area (Å²) < 4.78 is 5.45. The molecule has 0 bridgehead atoms. The summed E-state index contributed by atoms with van der Waals surface area (Å²) >= 11 is 0. The Bertz CT molecular complexity index is 347. The fourth-order valence-corrected chi connectivity index (χ4v) is 1.49. The van der Waals surface area contributed by atoms with Crippen LogP contribution < -0.4 is 11.1 Å². The Hall–Kier alpha value is -1.29. The van der Waals surface area contributed by atoms with Crippen LogP contribution in [-0.4, -0.2) is 12.5 Å². The highest BCUT2D eigenvalue weighted by Crippen LogP contribution is 2.16. The molecule has 0 aromatic carbocycles. The summed E-state index contributed by atoms with van der Waals surface area (Å²) in [7, 11) is 0. The normalized spacial score (nSPS) is 14.5. The highest BCUT2D eigenvalue weighted by Gasteiger charge is 2.17. The Kier molecular flexibility index (Phi) is 4.55. The van der Waals surface area contributed by atoms with Gasteiger partial charge in [0.15, 0.2) is 0 Å². The maximum absolute atomic E-state index is 11.7. The van der Waals surface area contributed by atoms with Crippen molar-refractivity contribution < 1.29 is 9.21 Å². The number of aryl methyl sites for hydroxylation is 1. The maximum Gasteiger partial charge on any atom is 0.223 e. The first-order valence-electron chi connectivity index (χ1n) is 5.61. The minimum absolute atomic E-state index is 0.0204.